The molecule has 1 rings (SSSR count). The number of benzene rings is 1. The highest BCUT2D eigenvalue weighted by atomic mass is 79.9. The molecule has 0 unspecified atom stereocenters. The summed E-state index contributed by atoms with van der Waals surface area (Å²) in [6.45, 7) is 4.84. The fourth-order valence-electron chi connectivity index (χ4n) is 1.26. The summed E-state index contributed by atoms with van der Waals surface area (Å²) >= 11 is 2.47. The number of hydrogen-bond donors (Lipinski definition) is 0. The van der Waals surface area contributed by atoms with Crippen LogP contribution in [0.3, 0.4) is 0 Å². The van der Waals surface area contributed by atoms with Crippen molar-refractivity contribution in [1.82, 2.24) is 0 Å². The van der Waals surface area contributed by atoms with Crippen molar-refractivity contribution in [3.8, 4) is 0 Å². The summed E-state index contributed by atoms with van der Waals surface area (Å²) in [4.78, 5) is 0. The Morgan fingerprint density at radius 2 is 1.13 bits per heavy atom. The molecule has 1 aromatic carbocycles. The first-order valence-corrected chi connectivity index (χ1v) is 8.49. The van der Waals surface area contributed by atoms with Gasteiger partial charge in [0.1, 0.15) is 0 Å². The van der Waals surface area contributed by atoms with E-state index in [1.54, 1.807) is 19.6 Å². The van der Waals surface area contributed by atoms with E-state index in [-0.39, 0.29) is 0 Å². The van der Waals surface area contributed by atoms with Crippen LogP contribution in [0.2, 0.25) is 19.6 Å². The molecule has 0 aliphatic heterocycles. The van der Waals surface area contributed by atoms with Crippen LogP contribution >= 0.6 is 15.9 Å². The number of halogens is 5. The van der Waals surface area contributed by atoms with Crippen LogP contribution in [0.4, 0.5) is 17.6 Å². The van der Waals surface area contributed by atoms with Gasteiger partial charge in [0.15, 0.2) is 23.3 Å². The summed E-state index contributed by atoms with van der Waals surface area (Å²) in [6.07, 6.45) is 0. The first-order chi connectivity index (χ1) is 6.68. The SMILES string of the molecule is C[Si](C)(C)c1c(F)c(F)c(Br)c(F)c1F. The Morgan fingerprint density at radius 1 is 0.800 bits per heavy atom. The lowest BCUT2D eigenvalue weighted by molar-refractivity contribution is 0.454. The van der Waals surface area contributed by atoms with E-state index in [0.717, 1.165) is 0 Å². The molecule has 0 bridgehead atoms. The van der Waals surface area contributed by atoms with Crippen LogP contribution in [0.5, 0.6) is 0 Å². The van der Waals surface area contributed by atoms with Gasteiger partial charge >= 0.3 is 0 Å². The lowest BCUT2D eigenvalue weighted by Crippen LogP contribution is -2.43. The molecule has 0 nitrogen and oxygen atoms in total. The molecule has 0 aliphatic rings. The van der Waals surface area contributed by atoms with E-state index in [1.807, 2.05) is 0 Å². The van der Waals surface area contributed by atoms with Crippen LogP contribution < -0.4 is 5.19 Å². The minimum Gasteiger partial charge on any atom is -0.204 e. The zero-order valence-electron chi connectivity index (χ0n) is 8.39. The Labute approximate surface area is 94.4 Å². The van der Waals surface area contributed by atoms with Gasteiger partial charge in [0, 0.05) is 5.19 Å². The third kappa shape index (κ3) is 2.10. The Kier molecular flexibility index (Phi) is 3.30. The molecule has 0 fully saturated rings. The van der Waals surface area contributed by atoms with Crippen LogP contribution in [0.1, 0.15) is 0 Å². The van der Waals surface area contributed by atoms with Gasteiger partial charge in [-0.1, -0.05) is 19.6 Å². The smallest absolute Gasteiger partial charge is 0.176 e. The largest absolute Gasteiger partial charge is 0.204 e. The minimum atomic E-state index is -2.46. The van der Waals surface area contributed by atoms with Crippen LogP contribution in [0.15, 0.2) is 4.47 Å². The Hall–Kier alpha value is -0.363. The zero-order valence-corrected chi connectivity index (χ0v) is 11.0. The topological polar surface area (TPSA) is 0 Å². The van der Waals surface area contributed by atoms with Gasteiger partial charge in [-0.05, 0) is 15.9 Å². The van der Waals surface area contributed by atoms with Gasteiger partial charge in [0.05, 0.1) is 12.5 Å². The van der Waals surface area contributed by atoms with E-state index in [9.17, 15) is 17.6 Å². The average molecular weight is 301 g/mol. The predicted molar refractivity (Wildman–Crippen MR) is 57.0 cm³/mol. The second-order valence-corrected chi connectivity index (χ2v) is 9.99. The van der Waals surface area contributed by atoms with E-state index in [1.165, 1.54) is 0 Å². The fraction of sp³-hybridized carbons (Fsp3) is 0.333. The first-order valence-electron chi connectivity index (χ1n) is 4.19. The molecule has 0 aromatic heterocycles. The molecule has 0 saturated heterocycles. The van der Waals surface area contributed by atoms with Gasteiger partial charge < -0.3 is 0 Å². The van der Waals surface area contributed by atoms with E-state index >= 15 is 0 Å². The Bertz CT molecular complexity index is 383. The molecule has 0 amide bonds. The third-order valence-electron chi connectivity index (χ3n) is 1.96. The molecule has 15 heavy (non-hydrogen) atoms. The maximum Gasteiger partial charge on any atom is 0.176 e. The van der Waals surface area contributed by atoms with Gasteiger partial charge in [-0.25, -0.2) is 17.6 Å². The minimum absolute atomic E-state index is 0.444. The number of rotatable bonds is 1. The molecule has 0 heterocycles. The van der Waals surface area contributed by atoms with Crippen molar-refractivity contribution in [3.63, 3.8) is 0 Å². The van der Waals surface area contributed by atoms with Crippen molar-refractivity contribution in [2.24, 2.45) is 0 Å². The summed E-state index contributed by atoms with van der Waals surface area (Å²) in [7, 11) is -2.46. The molecule has 0 aliphatic carbocycles. The second-order valence-electron chi connectivity index (χ2n) is 4.19. The van der Waals surface area contributed by atoms with Crippen LogP contribution in [-0.4, -0.2) is 8.07 Å². The van der Waals surface area contributed by atoms with Gasteiger partial charge in [-0.3, -0.25) is 0 Å². The lowest BCUT2D eigenvalue weighted by atomic mass is 10.3. The summed E-state index contributed by atoms with van der Waals surface area (Å²) in [5.74, 6) is -5.32. The van der Waals surface area contributed by atoms with Crippen LogP contribution in [0.25, 0.3) is 0 Å². The van der Waals surface area contributed by atoms with E-state index < -0.39 is 41.0 Å². The highest BCUT2D eigenvalue weighted by Gasteiger charge is 2.32. The van der Waals surface area contributed by atoms with E-state index in [2.05, 4.69) is 15.9 Å². The second kappa shape index (κ2) is 3.90. The first kappa shape index (κ1) is 12.7. The lowest BCUT2D eigenvalue weighted by Gasteiger charge is -2.19. The third-order valence-corrected chi connectivity index (χ3v) is 4.60. The Morgan fingerprint density at radius 3 is 1.40 bits per heavy atom. The highest BCUT2D eigenvalue weighted by molar-refractivity contribution is 9.10. The molecule has 0 N–H and O–H groups in total. The molecule has 6 heteroatoms. The fourth-order valence-corrected chi connectivity index (χ4v) is 3.15. The average Bonchev–Trinajstić information content (AvgIpc) is 2.09. The van der Waals surface area contributed by atoms with Gasteiger partial charge in [0.25, 0.3) is 0 Å². The van der Waals surface area contributed by atoms with Crippen molar-refractivity contribution >= 4 is 29.2 Å². The predicted octanol–water partition coefficient (Wildman–Crippen LogP) is 3.55. The summed E-state index contributed by atoms with van der Waals surface area (Å²) in [6, 6.07) is 0. The normalized spacial score (nSPS) is 12.0. The standard InChI is InChI=1S/C9H9BrF4Si/c1-15(2,3)9-7(13)5(11)4(10)6(12)8(9)14/h1-3H3. The van der Waals surface area contributed by atoms with Gasteiger partial charge in [0.2, 0.25) is 0 Å². The van der Waals surface area contributed by atoms with Crippen molar-refractivity contribution in [3.05, 3.63) is 27.7 Å². The molecular formula is C9H9BrF4Si. The molecule has 1 aromatic rings. The summed E-state index contributed by atoms with van der Waals surface area (Å²) in [5.41, 5.74) is 0. The quantitative estimate of drug-likeness (QED) is 0.322. The Balaban J connectivity index is 3.68. The van der Waals surface area contributed by atoms with E-state index in [4.69, 9.17) is 0 Å². The van der Waals surface area contributed by atoms with Crippen molar-refractivity contribution in [1.29, 1.82) is 0 Å². The summed E-state index contributed by atoms with van der Waals surface area (Å²) in [5, 5.41) is -0.444. The maximum atomic E-state index is 13.4. The van der Waals surface area contributed by atoms with Gasteiger partial charge in [-0.15, -0.1) is 0 Å². The van der Waals surface area contributed by atoms with E-state index in [0.29, 0.717) is 0 Å². The molecule has 84 valence electrons. The highest BCUT2D eigenvalue weighted by Crippen LogP contribution is 2.25. The van der Waals surface area contributed by atoms with Crippen molar-refractivity contribution in [2.75, 3.05) is 0 Å². The molecule has 0 saturated carbocycles. The van der Waals surface area contributed by atoms with Crippen LogP contribution in [-0.2, 0) is 0 Å². The molecule has 0 atom stereocenters. The maximum absolute atomic E-state index is 13.4. The van der Waals surface area contributed by atoms with Crippen LogP contribution in [0, 0.1) is 23.3 Å². The van der Waals surface area contributed by atoms with Crippen molar-refractivity contribution < 1.29 is 17.6 Å². The monoisotopic (exact) mass is 300 g/mol. The summed E-state index contributed by atoms with van der Waals surface area (Å²) < 4.78 is 52.4. The zero-order chi connectivity index (χ0) is 12.0. The molecule has 0 radical (unpaired) electrons. The molecule has 0 spiro atoms. The number of hydrogen-bond acceptors (Lipinski definition) is 0. The van der Waals surface area contributed by atoms with Gasteiger partial charge in [-0.2, -0.15) is 0 Å². The van der Waals surface area contributed by atoms with Crippen molar-refractivity contribution in [2.45, 2.75) is 19.6 Å². The molecular weight excluding hydrogens is 292 g/mol.